The summed E-state index contributed by atoms with van der Waals surface area (Å²) in [6.07, 6.45) is 0. The molecule has 0 spiro atoms. The molecule has 1 aromatic rings. The van der Waals surface area contributed by atoms with Crippen LogP contribution in [0.2, 0.25) is 0 Å². The molecule has 16 heavy (non-hydrogen) atoms. The summed E-state index contributed by atoms with van der Waals surface area (Å²) in [5.41, 5.74) is 5.11. The topological polar surface area (TPSA) is 72.2 Å². The van der Waals surface area contributed by atoms with Gasteiger partial charge in [0.2, 0.25) is 10.0 Å². The fourth-order valence-electron chi connectivity index (χ4n) is 0.921. The third-order valence-electron chi connectivity index (χ3n) is 1.64. The molecule has 0 unspecified atom stereocenters. The average molecular weight is 273 g/mol. The van der Waals surface area contributed by atoms with E-state index in [1.165, 1.54) is 0 Å². The number of benzene rings is 1. The molecule has 4 nitrogen and oxygen atoms in total. The van der Waals surface area contributed by atoms with Crippen molar-refractivity contribution in [2.24, 2.45) is 5.73 Å². The van der Waals surface area contributed by atoms with Crippen molar-refractivity contribution < 1.29 is 17.2 Å². The van der Waals surface area contributed by atoms with Gasteiger partial charge in [0, 0.05) is 13.1 Å². The summed E-state index contributed by atoms with van der Waals surface area (Å²) in [5, 5.41) is 0. The van der Waals surface area contributed by atoms with E-state index < -0.39 is 21.7 Å². The van der Waals surface area contributed by atoms with Crippen molar-refractivity contribution in [2.75, 3.05) is 13.1 Å². The number of halogens is 3. The van der Waals surface area contributed by atoms with Gasteiger partial charge in [-0.15, -0.1) is 12.4 Å². The number of rotatable bonds is 4. The van der Waals surface area contributed by atoms with Crippen molar-refractivity contribution >= 4 is 22.4 Å². The summed E-state index contributed by atoms with van der Waals surface area (Å²) in [5.74, 6) is -2.29. The molecule has 0 aliphatic rings. The van der Waals surface area contributed by atoms with Crippen molar-refractivity contribution in [3.63, 3.8) is 0 Å². The van der Waals surface area contributed by atoms with Crippen LogP contribution in [0.4, 0.5) is 8.78 Å². The summed E-state index contributed by atoms with van der Waals surface area (Å²) in [7, 11) is -3.80. The molecule has 0 saturated heterocycles. The van der Waals surface area contributed by atoms with Crippen molar-refractivity contribution in [3.05, 3.63) is 29.8 Å². The summed E-state index contributed by atoms with van der Waals surface area (Å²) in [6.45, 7) is 0.171. The molecule has 0 aliphatic carbocycles. The zero-order valence-corrected chi connectivity index (χ0v) is 9.75. The van der Waals surface area contributed by atoms with Crippen LogP contribution in [0.5, 0.6) is 0 Å². The first-order valence-corrected chi connectivity index (χ1v) is 5.60. The van der Waals surface area contributed by atoms with Crippen LogP contribution >= 0.6 is 12.4 Å². The molecule has 0 radical (unpaired) electrons. The molecule has 3 N–H and O–H groups in total. The van der Waals surface area contributed by atoms with Crippen LogP contribution < -0.4 is 10.5 Å². The summed E-state index contributed by atoms with van der Waals surface area (Å²) < 4.78 is 50.2. The van der Waals surface area contributed by atoms with Gasteiger partial charge in [-0.25, -0.2) is 21.9 Å². The first kappa shape index (κ1) is 15.2. The Hall–Kier alpha value is -0.760. The first-order chi connectivity index (χ1) is 6.97. The average Bonchev–Trinajstić information content (AvgIpc) is 2.19. The van der Waals surface area contributed by atoms with E-state index >= 15 is 0 Å². The molecule has 1 rings (SSSR count). The Labute approximate surface area is 98.3 Å². The van der Waals surface area contributed by atoms with Gasteiger partial charge in [-0.2, -0.15) is 0 Å². The van der Waals surface area contributed by atoms with E-state index in [1.54, 1.807) is 0 Å². The minimum atomic E-state index is -3.80. The van der Waals surface area contributed by atoms with Gasteiger partial charge in [0.15, 0.2) is 11.6 Å². The van der Waals surface area contributed by atoms with Gasteiger partial charge >= 0.3 is 0 Å². The first-order valence-electron chi connectivity index (χ1n) is 4.12. The zero-order valence-electron chi connectivity index (χ0n) is 8.11. The van der Waals surface area contributed by atoms with Gasteiger partial charge in [0.25, 0.3) is 0 Å². The van der Waals surface area contributed by atoms with E-state index in [0.717, 1.165) is 12.1 Å². The van der Waals surface area contributed by atoms with Crippen molar-refractivity contribution in [1.29, 1.82) is 0 Å². The smallest absolute Gasteiger partial charge is 0.240 e. The Morgan fingerprint density at radius 2 is 1.88 bits per heavy atom. The molecule has 0 amide bonds. The van der Waals surface area contributed by atoms with Crippen LogP contribution in [-0.4, -0.2) is 21.5 Å². The third kappa shape index (κ3) is 3.67. The molecule has 8 heteroatoms. The molecule has 92 valence electrons. The maximum Gasteiger partial charge on any atom is 0.240 e. The van der Waals surface area contributed by atoms with Gasteiger partial charge in [-0.3, -0.25) is 0 Å². The maximum atomic E-state index is 12.7. The van der Waals surface area contributed by atoms with E-state index in [9.17, 15) is 17.2 Å². The summed E-state index contributed by atoms with van der Waals surface area (Å²) in [4.78, 5) is -0.324. The number of hydrogen-bond acceptors (Lipinski definition) is 3. The van der Waals surface area contributed by atoms with E-state index in [4.69, 9.17) is 5.73 Å². The van der Waals surface area contributed by atoms with E-state index in [1.807, 2.05) is 0 Å². The predicted molar refractivity (Wildman–Crippen MR) is 57.8 cm³/mol. The molecule has 0 fully saturated rings. The number of nitrogens with one attached hydrogen (secondary N) is 1. The second-order valence-corrected chi connectivity index (χ2v) is 4.53. The molecular formula is C8H11ClF2N2O2S. The van der Waals surface area contributed by atoms with Crippen molar-refractivity contribution in [1.82, 2.24) is 4.72 Å². The molecular weight excluding hydrogens is 262 g/mol. The molecule has 0 aliphatic heterocycles. The minimum absolute atomic E-state index is 0. The van der Waals surface area contributed by atoms with Crippen LogP contribution in [0.25, 0.3) is 0 Å². The van der Waals surface area contributed by atoms with Gasteiger partial charge in [0.05, 0.1) is 4.90 Å². The standard InChI is InChI=1S/C8H10F2N2O2S.ClH/c9-7-2-1-6(5-8(7)10)15(13,14)12-4-3-11;/h1-2,5,12H,3-4,11H2;1H. The molecule has 0 aromatic heterocycles. The fraction of sp³-hybridized carbons (Fsp3) is 0.250. The Balaban J connectivity index is 0.00000225. The Morgan fingerprint density at radius 3 is 2.38 bits per heavy atom. The summed E-state index contributed by atoms with van der Waals surface area (Å²) >= 11 is 0. The monoisotopic (exact) mass is 272 g/mol. The number of sulfonamides is 1. The third-order valence-corrected chi connectivity index (χ3v) is 3.10. The highest BCUT2D eigenvalue weighted by atomic mass is 35.5. The van der Waals surface area contributed by atoms with Crippen LogP contribution in [0.1, 0.15) is 0 Å². The van der Waals surface area contributed by atoms with Gasteiger partial charge < -0.3 is 5.73 Å². The van der Waals surface area contributed by atoms with Crippen molar-refractivity contribution in [3.8, 4) is 0 Å². The fourth-order valence-corrected chi connectivity index (χ4v) is 1.98. The van der Waals surface area contributed by atoms with Gasteiger partial charge in [0.1, 0.15) is 0 Å². The van der Waals surface area contributed by atoms with Crippen LogP contribution in [-0.2, 0) is 10.0 Å². The largest absolute Gasteiger partial charge is 0.329 e. The van der Waals surface area contributed by atoms with Crippen LogP contribution in [0.3, 0.4) is 0 Å². The lowest BCUT2D eigenvalue weighted by atomic mass is 10.3. The second-order valence-electron chi connectivity index (χ2n) is 2.76. The van der Waals surface area contributed by atoms with E-state index in [2.05, 4.69) is 4.72 Å². The predicted octanol–water partition coefficient (Wildman–Crippen LogP) is 0.624. The second kappa shape index (κ2) is 6.09. The quantitative estimate of drug-likeness (QED) is 0.844. The maximum absolute atomic E-state index is 12.7. The highest BCUT2D eigenvalue weighted by molar-refractivity contribution is 7.89. The molecule has 0 atom stereocenters. The molecule has 1 aromatic carbocycles. The number of nitrogens with two attached hydrogens (primary N) is 1. The lowest BCUT2D eigenvalue weighted by molar-refractivity contribution is 0.504. The lowest BCUT2D eigenvalue weighted by Gasteiger charge is -2.05. The Bertz CT molecular complexity index is 453. The highest BCUT2D eigenvalue weighted by Gasteiger charge is 2.15. The molecule has 0 bridgehead atoms. The zero-order chi connectivity index (χ0) is 11.5. The minimum Gasteiger partial charge on any atom is -0.329 e. The van der Waals surface area contributed by atoms with E-state index in [0.29, 0.717) is 6.07 Å². The SMILES string of the molecule is Cl.NCCNS(=O)(=O)c1ccc(F)c(F)c1. The van der Waals surface area contributed by atoms with E-state index in [-0.39, 0.29) is 30.4 Å². The number of hydrogen-bond donors (Lipinski definition) is 2. The normalized spacial score (nSPS) is 10.9. The van der Waals surface area contributed by atoms with Crippen molar-refractivity contribution in [2.45, 2.75) is 4.90 Å². The lowest BCUT2D eigenvalue weighted by Crippen LogP contribution is -2.29. The van der Waals surface area contributed by atoms with Gasteiger partial charge in [-0.1, -0.05) is 0 Å². The Kier molecular flexibility index (Phi) is 5.80. The Morgan fingerprint density at radius 1 is 1.25 bits per heavy atom. The van der Waals surface area contributed by atoms with Crippen LogP contribution in [0.15, 0.2) is 23.1 Å². The van der Waals surface area contributed by atoms with Crippen LogP contribution in [0, 0.1) is 11.6 Å². The molecule has 0 saturated carbocycles. The highest BCUT2D eigenvalue weighted by Crippen LogP contribution is 2.13. The van der Waals surface area contributed by atoms with Gasteiger partial charge in [-0.05, 0) is 18.2 Å². The summed E-state index contributed by atoms with van der Waals surface area (Å²) in [6, 6.07) is 2.36. The molecule has 0 heterocycles.